The molecule has 0 aliphatic carbocycles. The fraction of sp³-hybridized carbons (Fsp3) is 0.250. The van der Waals surface area contributed by atoms with E-state index in [4.69, 9.17) is 0 Å². The van der Waals surface area contributed by atoms with Gasteiger partial charge in [-0.3, -0.25) is 0 Å². The van der Waals surface area contributed by atoms with Crippen LogP contribution in [0.2, 0.25) is 0 Å². The summed E-state index contributed by atoms with van der Waals surface area (Å²) in [6.07, 6.45) is 11.3. The Balaban J connectivity index is 1.41. The van der Waals surface area contributed by atoms with E-state index >= 15 is 0 Å². The van der Waals surface area contributed by atoms with E-state index < -0.39 is 0 Å². The van der Waals surface area contributed by atoms with Crippen molar-refractivity contribution in [1.29, 1.82) is 0 Å². The van der Waals surface area contributed by atoms with E-state index in [1.165, 1.54) is 5.56 Å². The fourth-order valence-corrected chi connectivity index (χ4v) is 2.25. The minimum Gasteiger partial charge on any atom is -0.349 e. The molecule has 0 amide bonds. The summed E-state index contributed by atoms with van der Waals surface area (Å²) >= 11 is 0. The molecule has 0 unspecified atom stereocenters. The lowest BCUT2D eigenvalue weighted by molar-refractivity contribution is 0.641. The molecule has 0 atom stereocenters. The number of hydrogen-bond acceptors (Lipinski definition) is 3. The van der Waals surface area contributed by atoms with Gasteiger partial charge >= 0.3 is 0 Å². The normalized spacial score (nSPS) is 10.9. The van der Waals surface area contributed by atoms with Crippen molar-refractivity contribution in [1.82, 2.24) is 24.8 Å². The first-order valence-corrected chi connectivity index (χ1v) is 7.18. The first-order chi connectivity index (χ1) is 10.4. The Morgan fingerprint density at radius 1 is 1.14 bits per heavy atom. The summed E-state index contributed by atoms with van der Waals surface area (Å²) in [6, 6.07) is 8.52. The lowest BCUT2D eigenvalue weighted by Crippen LogP contribution is -2.15. The Bertz CT molecular complexity index is 626. The van der Waals surface area contributed by atoms with Crippen LogP contribution in [0.5, 0.6) is 0 Å². The predicted octanol–water partition coefficient (Wildman–Crippen LogP) is 2.32. The van der Waals surface area contributed by atoms with Gasteiger partial charge in [0, 0.05) is 43.4 Å². The van der Waals surface area contributed by atoms with Crippen LogP contribution in [0.4, 0.5) is 0 Å². The lowest BCUT2D eigenvalue weighted by Gasteiger charge is -2.06. The second-order valence-electron chi connectivity index (χ2n) is 4.95. The van der Waals surface area contributed by atoms with Crippen LogP contribution in [-0.2, 0) is 13.0 Å². The Morgan fingerprint density at radius 3 is 2.76 bits per heavy atom. The number of benzene rings is 1. The zero-order chi connectivity index (χ0) is 14.3. The molecule has 3 rings (SSSR count). The van der Waals surface area contributed by atoms with Crippen LogP contribution in [0.15, 0.2) is 55.4 Å². The topological polar surface area (TPSA) is 58.5 Å². The van der Waals surface area contributed by atoms with E-state index in [-0.39, 0.29) is 0 Å². The van der Waals surface area contributed by atoms with Crippen molar-refractivity contribution in [3.8, 4) is 5.69 Å². The molecule has 0 aliphatic heterocycles. The van der Waals surface area contributed by atoms with Crippen LogP contribution in [0.25, 0.3) is 5.69 Å². The molecule has 2 heterocycles. The summed E-state index contributed by atoms with van der Waals surface area (Å²) in [5.41, 5.74) is 2.42. The van der Waals surface area contributed by atoms with Crippen molar-refractivity contribution in [3.63, 3.8) is 0 Å². The van der Waals surface area contributed by atoms with E-state index in [1.807, 2.05) is 23.3 Å². The third kappa shape index (κ3) is 3.79. The molecule has 108 valence electrons. The van der Waals surface area contributed by atoms with Crippen LogP contribution in [-0.4, -0.2) is 26.1 Å². The number of nitrogens with zero attached hydrogens (tertiary/aromatic N) is 3. The van der Waals surface area contributed by atoms with Gasteiger partial charge in [-0.2, -0.15) is 0 Å². The van der Waals surface area contributed by atoms with Gasteiger partial charge in [-0.15, -0.1) is 0 Å². The minimum atomic E-state index is 0.891. The molecule has 0 radical (unpaired) electrons. The Labute approximate surface area is 124 Å². The molecule has 0 spiro atoms. The average Bonchev–Trinajstić information content (AvgIpc) is 3.21. The number of aromatic nitrogens is 4. The van der Waals surface area contributed by atoms with Crippen LogP contribution in [0, 0.1) is 0 Å². The number of imidazole rings is 2. The van der Waals surface area contributed by atoms with Gasteiger partial charge in [0.1, 0.15) is 5.82 Å². The highest BCUT2D eigenvalue weighted by atomic mass is 15.0. The molecule has 0 bridgehead atoms. The van der Waals surface area contributed by atoms with E-state index in [9.17, 15) is 0 Å². The van der Waals surface area contributed by atoms with Crippen molar-refractivity contribution in [2.75, 3.05) is 6.54 Å². The van der Waals surface area contributed by atoms with Gasteiger partial charge in [0.2, 0.25) is 0 Å². The van der Waals surface area contributed by atoms with Gasteiger partial charge in [-0.25, -0.2) is 9.97 Å². The van der Waals surface area contributed by atoms with E-state index in [0.717, 1.165) is 37.4 Å². The molecule has 21 heavy (non-hydrogen) atoms. The monoisotopic (exact) mass is 281 g/mol. The molecule has 2 aromatic heterocycles. The van der Waals surface area contributed by atoms with Gasteiger partial charge in [0.15, 0.2) is 0 Å². The maximum Gasteiger partial charge on any atom is 0.106 e. The maximum atomic E-state index is 4.22. The van der Waals surface area contributed by atoms with Gasteiger partial charge < -0.3 is 14.9 Å². The van der Waals surface area contributed by atoms with E-state index in [0.29, 0.717) is 0 Å². The highest BCUT2D eigenvalue weighted by Gasteiger charge is 1.98. The Kier molecular flexibility index (Phi) is 4.43. The third-order valence-corrected chi connectivity index (χ3v) is 3.39. The molecule has 3 aromatic rings. The lowest BCUT2D eigenvalue weighted by atomic mass is 10.2. The quantitative estimate of drug-likeness (QED) is 0.653. The second-order valence-corrected chi connectivity index (χ2v) is 4.95. The highest BCUT2D eigenvalue weighted by molar-refractivity contribution is 5.34. The average molecular weight is 281 g/mol. The molecule has 0 aliphatic rings. The van der Waals surface area contributed by atoms with E-state index in [2.05, 4.69) is 44.5 Å². The van der Waals surface area contributed by atoms with Crippen molar-refractivity contribution in [2.24, 2.45) is 0 Å². The largest absolute Gasteiger partial charge is 0.349 e. The van der Waals surface area contributed by atoms with Crippen LogP contribution >= 0.6 is 0 Å². The molecular weight excluding hydrogens is 262 g/mol. The number of aromatic amines is 1. The summed E-state index contributed by atoms with van der Waals surface area (Å²) in [5.74, 6) is 1.06. The number of H-pyrrole nitrogens is 1. The number of rotatable bonds is 7. The zero-order valence-corrected chi connectivity index (χ0v) is 11.9. The maximum absolute atomic E-state index is 4.22. The second kappa shape index (κ2) is 6.85. The minimum absolute atomic E-state index is 0.891. The van der Waals surface area contributed by atoms with Gasteiger partial charge in [0.05, 0.1) is 6.33 Å². The Hall–Kier alpha value is -2.40. The smallest absolute Gasteiger partial charge is 0.106 e. The first kappa shape index (κ1) is 13.6. The molecule has 5 nitrogen and oxygen atoms in total. The summed E-state index contributed by atoms with van der Waals surface area (Å²) in [4.78, 5) is 11.4. The zero-order valence-electron chi connectivity index (χ0n) is 11.9. The first-order valence-electron chi connectivity index (χ1n) is 7.18. The standard InChI is InChI=1S/C16H19N5/c1(2-16-19-8-9-20-16)7-17-12-14-3-5-15(6-4-14)21-11-10-18-13-21/h3-6,8-11,13,17H,1-2,7,12H2,(H,19,20). The molecule has 1 aromatic carbocycles. The summed E-state index contributed by atoms with van der Waals surface area (Å²) in [7, 11) is 0. The van der Waals surface area contributed by atoms with Crippen LogP contribution in [0.3, 0.4) is 0 Å². The van der Waals surface area contributed by atoms with Crippen molar-refractivity contribution in [3.05, 3.63) is 66.8 Å². The van der Waals surface area contributed by atoms with Gasteiger partial charge in [-0.05, 0) is 30.7 Å². The molecule has 0 saturated carbocycles. The predicted molar refractivity (Wildman–Crippen MR) is 82.2 cm³/mol. The molecular formula is C16H19N5. The van der Waals surface area contributed by atoms with Gasteiger partial charge in [0.25, 0.3) is 0 Å². The number of nitrogens with one attached hydrogen (secondary N) is 2. The Morgan fingerprint density at radius 2 is 2.05 bits per heavy atom. The van der Waals surface area contributed by atoms with Crippen molar-refractivity contribution >= 4 is 0 Å². The molecule has 5 heteroatoms. The van der Waals surface area contributed by atoms with Gasteiger partial charge in [-0.1, -0.05) is 12.1 Å². The molecule has 0 saturated heterocycles. The molecule has 2 N–H and O–H groups in total. The summed E-state index contributed by atoms with van der Waals surface area (Å²) in [6.45, 7) is 1.88. The molecule has 0 fully saturated rings. The SMILES string of the molecule is c1cn(-c2ccc(CNCCCc3ncc[nH]3)cc2)cn1. The van der Waals surface area contributed by atoms with Crippen LogP contribution in [0.1, 0.15) is 17.8 Å². The number of aryl methyl sites for hydroxylation is 1. The number of hydrogen-bond donors (Lipinski definition) is 2. The highest BCUT2D eigenvalue weighted by Crippen LogP contribution is 2.09. The van der Waals surface area contributed by atoms with Crippen molar-refractivity contribution in [2.45, 2.75) is 19.4 Å². The summed E-state index contributed by atoms with van der Waals surface area (Å²) < 4.78 is 2.00. The third-order valence-electron chi connectivity index (χ3n) is 3.39. The van der Waals surface area contributed by atoms with E-state index in [1.54, 1.807) is 12.4 Å². The van der Waals surface area contributed by atoms with Crippen LogP contribution < -0.4 is 5.32 Å². The summed E-state index contributed by atoms with van der Waals surface area (Å²) in [5, 5.41) is 3.46. The van der Waals surface area contributed by atoms with Crippen molar-refractivity contribution < 1.29 is 0 Å². The fourth-order valence-electron chi connectivity index (χ4n) is 2.25.